The van der Waals surface area contributed by atoms with Crippen LogP contribution in [0.1, 0.15) is 12.1 Å². The van der Waals surface area contributed by atoms with Crippen molar-refractivity contribution in [3.8, 4) is 5.75 Å². The van der Waals surface area contributed by atoms with Crippen LogP contribution >= 0.6 is 0 Å². The largest absolute Gasteiger partial charge is 0.494 e. The summed E-state index contributed by atoms with van der Waals surface area (Å²) in [5.74, 6) is 0.923. The molecule has 0 bridgehead atoms. The highest BCUT2D eigenvalue weighted by molar-refractivity contribution is 5.20. The highest BCUT2D eigenvalue weighted by Gasteiger charge is 1.94. The third kappa shape index (κ3) is 4.51. The van der Waals surface area contributed by atoms with E-state index in [4.69, 9.17) is 4.74 Å². The van der Waals surface area contributed by atoms with E-state index < -0.39 is 0 Å². The first-order chi connectivity index (χ1) is 8.95. The molecule has 0 aliphatic rings. The van der Waals surface area contributed by atoms with Crippen LogP contribution in [0.3, 0.4) is 0 Å². The molecule has 1 aromatic carbocycles. The van der Waals surface area contributed by atoms with Crippen LogP contribution in [-0.4, -0.2) is 23.3 Å². The van der Waals surface area contributed by atoms with Crippen LogP contribution in [-0.2, 0) is 6.54 Å². The highest BCUT2D eigenvalue weighted by Crippen LogP contribution is 2.07. The number of rotatable bonds is 7. The molecular weight excluding hydrogens is 226 g/mol. The first kappa shape index (κ1) is 12.5. The number of nitrogens with zero attached hydrogens (tertiary/aromatic N) is 2. The molecule has 0 aliphatic heterocycles. The van der Waals surface area contributed by atoms with Gasteiger partial charge in [0.15, 0.2) is 0 Å². The summed E-state index contributed by atoms with van der Waals surface area (Å²) < 4.78 is 5.59. The van der Waals surface area contributed by atoms with E-state index in [1.165, 1.54) is 0 Å². The lowest BCUT2D eigenvalue weighted by Crippen LogP contribution is -2.17. The fourth-order valence-electron chi connectivity index (χ4n) is 1.55. The van der Waals surface area contributed by atoms with Gasteiger partial charge in [0, 0.05) is 12.7 Å². The van der Waals surface area contributed by atoms with Gasteiger partial charge in [-0.15, -0.1) is 0 Å². The molecule has 94 valence electrons. The summed E-state index contributed by atoms with van der Waals surface area (Å²) >= 11 is 0. The molecule has 4 heteroatoms. The van der Waals surface area contributed by atoms with E-state index in [0.29, 0.717) is 0 Å². The third-order valence-electron chi connectivity index (χ3n) is 2.44. The number of ether oxygens (including phenoxy) is 1. The fraction of sp³-hybridized carbons (Fsp3) is 0.286. The van der Waals surface area contributed by atoms with Gasteiger partial charge < -0.3 is 10.1 Å². The lowest BCUT2D eigenvalue weighted by Gasteiger charge is -2.06. The summed E-state index contributed by atoms with van der Waals surface area (Å²) in [5, 5.41) is 11.1. The second-order valence-corrected chi connectivity index (χ2v) is 3.91. The monoisotopic (exact) mass is 243 g/mol. The molecule has 1 aromatic heterocycles. The number of hydrogen-bond acceptors (Lipinski definition) is 4. The lowest BCUT2D eigenvalue weighted by atomic mass is 10.3. The molecule has 0 aliphatic carbocycles. The SMILES string of the molecule is c1ccc(OCCCNCc2cccnn2)cc1. The molecule has 0 saturated carbocycles. The van der Waals surface area contributed by atoms with E-state index in [2.05, 4.69) is 15.5 Å². The van der Waals surface area contributed by atoms with Crippen molar-refractivity contribution in [1.29, 1.82) is 0 Å². The average molecular weight is 243 g/mol. The Hall–Kier alpha value is -1.94. The van der Waals surface area contributed by atoms with E-state index in [0.717, 1.165) is 37.6 Å². The predicted octanol–water partition coefficient (Wildman–Crippen LogP) is 2.04. The molecule has 1 N–H and O–H groups in total. The summed E-state index contributed by atoms with van der Waals surface area (Å²) in [6.07, 6.45) is 2.65. The molecule has 4 nitrogen and oxygen atoms in total. The average Bonchev–Trinajstić information content (AvgIpc) is 2.45. The van der Waals surface area contributed by atoms with Crippen LogP contribution in [0.25, 0.3) is 0 Å². The summed E-state index contributed by atoms with van der Waals surface area (Å²) in [7, 11) is 0. The number of aromatic nitrogens is 2. The van der Waals surface area contributed by atoms with Gasteiger partial charge in [-0.2, -0.15) is 10.2 Å². The molecule has 0 spiro atoms. The van der Waals surface area contributed by atoms with Gasteiger partial charge in [-0.3, -0.25) is 0 Å². The maximum absolute atomic E-state index is 5.59. The number of nitrogens with one attached hydrogen (secondary N) is 1. The molecule has 0 fully saturated rings. The molecule has 0 radical (unpaired) electrons. The van der Waals surface area contributed by atoms with Crippen LogP contribution in [0.5, 0.6) is 5.75 Å². The first-order valence-corrected chi connectivity index (χ1v) is 6.10. The van der Waals surface area contributed by atoms with Crippen molar-refractivity contribution >= 4 is 0 Å². The van der Waals surface area contributed by atoms with E-state index in [-0.39, 0.29) is 0 Å². The minimum absolute atomic E-state index is 0.720. The van der Waals surface area contributed by atoms with E-state index in [1.807, 2.05) is 42.5 Å². The van der Waals surface area contributed by atoms with Crippen LogP contribution in [0.4, 0.5) is 0 Å². The molecule has 0 amide bonds. The van der Waals surface area contributed by atoms with Gasteiger partial charge in [0.25, 0.3) is 0 Å². The second-order valence-electron chi connectivity index (χ2n) is 3.91. The molecule has 0 saturated heterocycles. The van der Waals surface area contributed by atoms with Crippen molar-refractivity contribution in [2.24, 2.45) is 0 Å². The van der Waals surface area contributed by atoms with Crippen LogP contribution < -0.4 is 10.1 Å². The minimum atomic E-state index is 0.720. The van der Waals surface area contributed by atoms with Gasteiger partial charge in [0.05, 0.1) is 12.3 Å². The third-order valence-corrected chi connectivity index (χ3v) is 2.44. The van der Waals surface area contributed by atoms with Gasteiger partial charge >= 0.3 is 0 Å². The predicted molar refractivity (Wildman–Crippen MR) is 70.3 cm³/mol. The van der Waals surface area contributed by atoms with Gasteiger partial charge in [-0.1, -0.05) is 18.2 Å². The van der Waals surface area contributed by atoms with Gasteiger partial charge in [-0.25, -0.2) is 0 Å². The molecule has 0 unspecified atom stereocenters. The zero-order valence-electron chi connectivity index (χ0n) is 10.2. The Morgan fingerprint density at radius 1 is 1.06 bits per heavy atom. The summed E-state index contributed by atoms with van der Waals surface area (Å²) in [6.45, 7) is 2.38. The lowest BCUT2D eigenvalue weighted by molar-refractivity contribution is 0.308. The Kier molecular flexibility index (Phi) is 5.14. The van der Waals surface area contributed by atoms with Crippen molar-refractivity contribution in [2.75, 3.05) is 13.2 Å². The van der Waals surface area contributed by atoms with E-state index in [1.54, 1.807) is 6.20 Å². The Morgan fingerprint density at radius 2 is 1.94 bits per heavy atom. The normalized spacial score (nSPS) is 10.2. The first-order valence-electron chi connectivity index (χ1n) is 6.10. The van der Waals surface area contributed by atoms with Crippen molar-refractivity contribution in [1.82, 2.24) is 15.5 Å². The molecule has 2 rings (SSSR count). The van der Waals surface area contributed by atoms with Crippen molar-refractivity contribution < 1.29 is 4.74 Å². The summed E-state index contributed by atoms with van der Waals surface area (Å²) in [6, 6.07) is 13.7. The Morgan fingerprint density at radius 3 is 2.72 bits per heavy atom. The molecule has 18 heavy (non-hydrogen) atoms. The topological polar surface area (TPSA) is 47.0 Å². The Balaban J connectivity index is 1.54. The minimum Gasteiger partial charge on any atom is -0.494 e. The van der Waals surface area contributed by atoms with E-state index >= 15 is 0 Å². The van der Waals surface area contributed by atoms with Crippen molar-refractivity contribution in [2.45, 2.75) is 13.0 Å². The smallest absolute Gasteiger partial charge is 0.119 e. The second kappa shape index (κ2) is 7.40. The standard InChI is InChI=1S/C14H17N3O/c1-2-7-14(8-3-1)18-11-5-9-15-12-13-6-4-10-16-17-13/h1-4,6-8,10,15H,5,9,11-12H2. The maximum atomic E-state index is 5.59. The van der Waals surface area contributed by atoms with Crippen LogP contribution in [0.15, 0.2) is 48.7 Å². The van der Waals surface area contributed by atoms with Gasteiger partial charge in [0.2, 0.25) is 0 Å². The van der Waals surface area contributed by atoms with Crippen LogP contribution in [0, 0.1) is 0 Å². The zero-order valence-corrected chi connectivity index (χ0v) is 10.2. The molecule has 0 atom stereocenters. The highest BCUT2D eigenvalue weighted by atomic mass is 16.5. The van der Waals surface area contributed by atoms with Crippen molar-refractivity contribution in [3.05, 3.63) is 54.4 Å². The van der Waals surface area contributed by atoms with Gasteiger partial charge in [-0.05, 0) is 37.2 Å². The maximum Gasteiger partial charge on any atom is 0.119 e. The number of benzene rings is 1. The van der Waals surface area contributed by atoms with Crippen molar-refractivity contribution in [3.63, 3.8) is 0 Å². The number of hydrogen-bond donors (Lipinski definition) is 1. The van der Waals surface area contributed by atoms with E-state index in [9.17, 15) is 0 Å². The fourth-order valence-corrected chi connectivity index (χ4v) is 1.55. The summed E-state index contributed by atoms with van der Waals surface area (Å²) in [5.41, 5.74) is 0.960. The number of para-hydroxylation sites is 1. The van der Waals surface area contributed by atoms with Crippen LogP contribution in [0.2, 0.25) is 0 Å². The molecular formula is C14H17N3O. The zero-order chi connectivity index (χ0) is 12.5. The quantitative estimate of drug-likeness (QED) is 0.756. The van der Waals surface area contributed by atoms with Gasteiger partial charge in [0.1, 0.15) is 5.75 Å². The molecule has 2 aromatic rings. The Bertz CT molecular complexity index is 390. The Labute approximate surface area is 107 Å². The summed E-state index contributed by atoms with van der Waals surface area (Å²) in [4.78, 5) is 0. The molecule has 1 heterocycles.